The zero-order chi connectivity index (χ0) is 14.8. The molecule has 1 aromatic heterocycles. The number of hydrogen-bond donors (Lipinski definition) is 1. The van der Waals surface area contributed by atoms with Gasteiger partial charge in [0.05, 0.1) is 12.3 Å². The minimum atomic E-state index is -0.360. The van der Waals surface area contributed by atoms with E-state index in [0.29, 0.717) is 35.8 Å². The summed E-state index contributed by atoms with van der Waals surface area (Å²) < 4.78 is 19.4. The van der Waals surface area contributed by atoms with Crippen LogP contribution in [0.4, 0.5) is 15.9 Å². The molecule has 0 saturated carbocycles. The van der Waals surface area contributed by atoms with Crippen molar-refractivity contribution in [1.29, 1.82) is 0 Å². The van der Waals surface area contributed by atoms with Gasteiger partial charge in [-0.25, -0.2) is 19.4 Å². The van der Waals surface area contributed by atoms with Crippen molar-refractivity contribution in [2.24, 2.45) is 9.98 Å². The second kappa shape index (κ2) is 5.43. The lowest BCUT2D eigenvalue weighted by Gasteiger charge is -2.10. The van der Waals surface area contributed by atoms with E-state index in [4.69, 9.17) is 4.74 Å². The maximum atomic E-state index is 13.9. The number of rotatable bonds is 4. The van der Waals surface area contributed by atoms with E-state index in [2.05, 4.69) is 25.3 Å². The molecule has 21 heavy (non-hydrogen) atoms. The van der Waals surface area contributed by atoms with E-state index in [9.17, 15) is 4.39 Å². The van der Waals surface area contributed by atoms with Crippen LogP contribution in [0.5, 0.6) is 5.88 Å². The summed E-state index contributed by atoms with van der Waals surface area (Å²) in [6, 6.07) is 4.91. The van der Waals surface area contributed by atoms with Crippen LogP contribution in [-0.4, -0.2) is 23.2 Å². The Labute approximate surface area is 120 Å². The molecule has 6 nitrogen and oxygen atoms in total. The maximum Gasteiger partial charge on any atom is 0.260 e. The van der Waals surface area contributed by atoms with Crippen LogP contribution in [0, 0.1) is 12.7 Å². The molecule has 2 heterocycles. The molecule has 0 aliphatic carbocycles. The predicted octanol–water partition coefficient (Wildman–Crippen LogP) is 1.28. The van der Waals surface area contributed by atoms with Crippen molar-refractivity contribution in [3.8, 4) is 5.88 Å². The monoisotopic (exact) mass is 287 g/mol. The van der Waals surface area contributed by atoms with Crippen molar-refractivity contribution in [2.45, 2.75) is 13.8 Å². The van der Waals surface area contributed by atoms with Gasteiger partial charge in [0, 0.05) is 0 Å². The highest BCUT2D eigenvalue weighted by Gasteiger charge is 2.13. The lowest BCUT2D eigenvalue weighted by Crippen LogP contribution is -2.30. The number of fused-ring (bicyclic) bond motifs is 1. The third-order valence-corrected chi connectivity index (χ3v) is 2.93. The molecule has 0 amide bonds. The average Bonchev–Trinajstić information content (AvgIpc) is 2.89. The lowest BCUT2D eigenvalue weighted by molar-refractivity contribution is 0.325. The standard InChI is InChI=1S/C14H14FN5O/c1-3-21-14-13(19-11-12(20-14)17-7-16-11)18-10-5-4-8(2)6-9(10)15/h4-6H,3,7H2,1-2H3,(H,16,18,19). The Hall–Kier alpha value is -2.57. The summed E-state index contributed by atoms with van der Waals surface area (Å²) in [5, 5.41) is 2.91. The first-order valence-corrected chi connectivity index (χ1v) is 6.60. The number of halogens is 1. The average molecular weight is 287 g/mol. The molecule has 0 spiro atoms. The Balaban J connectivity index is 2.03. The van der Waals surface area contributed by atoms with Gasteiger partial charge >= 0.3 is 0 Å². The van der Waals surface area contributed by atoms with Crippen LogP contribution in [0.25, 0.3) is 0 Å². The molecule has 3 rings (SSSR count). The molecule has 0 atom stereocenters. The molecule has 1 aliphatic rings. The Morgan fingerprint density at radius 2 is 2.00 bits per heavy atom. The fourth-order valence-electron chi connectivity index (χ4n) is 1.95. The number of ether oxygens (including phenoxy) is 1. The summed E-state index contributed by atoms with van der Waals surface area (Å²) in [6.45, 7) is 4.40. The second-order valence-corrected chi connectivity index (χ2v) is 4.52. The van der Waals surface area contributed by atoms with Crippen LogP contribution in [0.3, 0.4) is 0 Å². The Morgan fingerprint density at radius 3 is 2.71 bits per heavy atom. The number of nitrogens with zero attached hydrogens (tertiary/aromatic N) is 4. The molecule has 0 bridgehead atoms. The molecule has 0 radical (unpaired) electrons. The van der Waals surface area contributed by atoms with Crippen molar-refractivity contribution in [3.63, 3.8) is 0 Å². The highest BCUT2D eigenvalue weighted by Crippen LogP contribution is 2.23. The molecule has 1 N–H and O–H groups in total. The molecular formula is C14H14FN5O. The highest BCUT2D eigenvalue weighted by molar-refractivity contribution is 5.60. The molecule has 2 aromatic rings. The molecular weight excluding hydrogens is 273 g/mol. The van der Waals surface area contributed by atoms with Gasteiger partial charge in [-0.2, -0.15) is 4.98 Å². The zero-order valence-corrected chi connectivity index (χ0v) is 11.7. The van der Waals surface area contributed by atoms with Crippen molar-refractivity contribution < 1.29 is 9.13 Å². The van der Waals surface area contributed by atoms with E-state index in [1.54, 1.807) is 6.07 Å². The molecule has 1 aliphatic heterocycles. The van der Waals surface area contributed by atoms with Gasteiger partial charge in [-0.1, -0.05) is 6.07 Å². The van der Waals surface area contributed by atoms with Crippen molar-refractivity contribution in [3.05, 3.63) is 40.6 Å². The first-order chi connectivity index (χ1) is 10.2. The van der Waals surface area contributed by atoms with Gasteiger partial charge in [-0.05, 0) is 31.5 Å². The summed E-state index contributed by atoms with van der Waals surface area (Å²) in [6.07, 6.45) is 0. The fourth-order valence-corrected chi connectivity index (χ4v) is 1.95. The van der Waals surface area contributed by atoms with Crippen molar-refractivity contribution in [1.82, 2.24) is 9.97 Å². The van der Waals surface area contributed by atoms with Gasteiger partial charge in [0.1, 0.15) is 12.5 Å². The number of anilines is 2. The molecule has 7 heteroatoms. The van der Waals surface area contributed by atoms with E-state index >= 15 is 0 Å². The van der Waals surface area contributed by atoms with E-state index < -0.39 is 0 Å². The Bertz CT molecular complexity index is 806. The van der Waals surface area contributed by atoms with Crippen LogP contribution in [0.2, 0.25) is 0 Å². The summed E-state index contributed by atoms with van der Waals surface area (Å²) in [5.41, 5.74) is 2.05. The van der Waals surface area contributed by atoms with Crippen LogP contribution in [0.1, 0.15) is 12.5 Å². The van der Waals surface area contributed by atoms with Crippen LogP contribution in [0.15, 0.2) is 28.2 Å². The lowest BCUT2D eigenvalue weighted by atomic mass is 10.2. The zero-order valence-electron chi connectivity index (χ0n) is 11.7. The van der Waals surface area contributed by atoms with Gasteiger partial charge in [-0.3, -0.25) is 0 Å². The van der Waals surface area contributed by atoms with E-state index in [-0.39, 0.29) is 11.7 Å². The normalized spacial score (nSPS) is 12.3. The maximum absolute atomic E-state index is 13.9. The topological polar surface area (TPSA) is 71.8 Å². The third-order valence-electron chi connectivity index (χ3n) is 2.93. The molecule has 0 fully saturated rings. The summed E-state index contributed by atoms with van der Waals surface area (Å²) in [7, 11) is 0. The Kier molecular flexibility index (Phi) is 3.47. The first kappa shape index (κ1) is 13.4. The SMILES string of the molecule is CCOc1nc2c(nc1Nc1ccc(C)cc1F)=NCN=2. The van der Waals surface area contributed by atoms with Crippen LogP contribution in [-0.2, 0) is 0 Å². The van der Waals surface area contributed by atoms with Crippen molar-refractivity contribution in [2.75, 3.05) is 18.6 Å². The fraction of sp³-hybridized carbons (Fsp3) is 0.286. The smallest absolute Gasteiger partial charge is 0.260 e. The minimum absolute atomic E-state index is 0.289. The molecule has 0 unspecified atom stereocenters. The predicted molar refractivity (Wildman–Crippen MR) is 74.8 cm³/mol. The van der Waals surface area contributed by atoms with Gasteiger partial charge in [-0.15, -0.1) is 0 Å². The summed E-state index contributed by atoms with van der Waals surface area (Å²) in [5.74, 6) is 0.262. The first-order valence-electron chi connectivity index (χ1n) is 6.60. The number of aromatic nitrogens is 2. The van der Waals surface area contributed by atoms with Gasteiger partial charge in [0.2, 0.25) is 0 Å². The Morgan fingerprint density at radius 1 is 1.24 bits per heavy atom. The number of hydrogen-bond acceptors (Lipinski definition) is 6. The number of aryl methyl sites for hydroxylation is 1. The number of benzene rings is 1. The third kappa shape index (κ3) is 2.67. The summed E-state index contributed by atoms with van der Waals surface area (Å²) in [4.78, 5) is 16.8. The molecule has 108 valence electrons. The molecule has 0 saturated heterocycles. The van der Waals surface area contributed by atoms with Crippen LogP contribution >= 0.6 is 0 Å². The summed E-state index contributed by atoms with van der Waals surface area (Å²) >= 11 is 0. The van der Waals surface area contributed by atoms with Gasteiger partial charge in [0.15, 0.2) is 16.8 Å². The van der Waals surface area contributed by atoms with Gasteiger partial charge < -0.3 is 10.1 Å². The number of nitrogens with one attached hydrogen (secondary N) is 1. The quantitative estimate of drug-likeness (QED) is 0.919. The second-order valence-electron chi connectivity index (χ2n) is 4.52. The highest BCUT2D eigenvalue weighted by atomic mass is 19.1. The largest absolute Gasteiger partial charge is 0.475 e. The van der Waals surface area contributed by atoms with Gasteiger partial charge in [0.25, 0.3) is 5.88 Å². The van der Waals surface area contributed by atoms with E-state index in [0.717, 1.165) is 5.56 Å². The van der Waals surface area contributed by atoms with Crippen LogP contribution < -0.4 is 21.0 Å². The van der Waals surface area contributed by atoms with E-state index in [1.165, 1.54) is 6.07 Å². The van der Waals surface area contributed by atoms with E-state index in [1.807, 2.05) is 19.9 Å². The minimum Gasteiger partial charge on any atom is -0.475 e. The molecule has 1 aromatic carbocycles. The van der Waals surface area contributed by atoms with Crippen molar-refractivity contribution >= 4 is 11.5 Å².